The van der Waals surface area contributed by atoms with Gasteiger partial charge >= 0.3 is 23.1 Å². The van der Waals surface area contributed by atoms with Gasteiger partial charge in [0.25, 0.3) is 0 Å². The van der Waals surface area contributed by atoms with Crippen molar-refractivity contribution in [3.8, 4) is 0 Å². The Morgan fingerprint density at radius 2 is 1.25 bits per heavy atom. The fourth-order valence-electron chi connectivity index (χ4n) is 0.227. The molecule has 0 aliphatic rings. The molecule has 0 radical (unpaired) electrons. The molecule has 0 saturated carbocycles. The van der Waals surface area contributed by atoms with Crippen molar-refractivity contribution in [2.45, 2.75) is 0 Å². The van der Waals surface area contributed by atoms with Crippen molar-refractivity contribution >= 4 is 23.1 Å². The Hall–Kier alpha value is 1.01. The van der Waals surface area contributed by atoms with Gasteiger partial charge in [-0.3, -0.25) is 0 Å². The molecule has 4 heteroatoms. The maximum atomic E-state index is 4.58. The van der Waals surface area contributed by atoms with E-state index in [1.807, 2.05) is 12.1 Å². The number of hydrogen-bond donors (Lipinski definition) is 0. The number of halogens is 2. The van der Waals surface area contributed by atoms with Gasteiger partial charge in [-0.05, 0) is 12.1 Å². The summed E-state index contributed by atoms with van der Waals surface area (Å²) in [5.41, 5.74) is 0. The summed E-state index contributed by atoms with van der Waals surface area (Å²) < 4.78 is 4.58. The predicted molar refractivity (Wildman–Crippen MR) is 24.5 cm³/mol. The van der Waals surface area contributed by atoms with Crippen molar-refractivity contribution < 1.29 is 38.4 Å². The van der Waals surface area contributed by atoms with E-state index in [-0.39, 0.29) is 57.0 Å². The Balaban J connectivity index is -0.0000000833. The van der Waals surface area contributed by atoms with Gasteiger partial charge in [-0.1, -0.05) is 0 Å². The van der Waals surface area contributed by atoms with Crippen LogP contribution in [-0.4, -0.2) is 23.1 Å². The summed E-state index contributed by atoms with van der Waals surface area (Å²) in [4.78, 5) is 0. The zero-order valence-corrected chi connectivity index (χ0v) is 8.77. The van der Waals surface area contributed by atoms with Crippen LogP contribution in [0.4, 0.5) is 0 Å². The zero-order chi connectivity index (χ0) is 3.54. The first kappa shape index (κ1) is 16.0. The minimum absolute atomic E-state index is 0. The van der Waals surface area contributed by atoms with Crippen molar-refractivity contribution in [2.24, 2.45) is 0 Å². The smallest absolute Gasteiger partial charge is 1.00 e. The molecule has 1 aromatic heterocycles. The van der Waals surface area contributed by atoms with Gasteiger partial charge in [-0.15, -0.1) is 0 Å². The van der Waals surface area contributed by atoms with Crippen LogP contribution in [-0.2, 0) is 0 Å². The Morgan fingerprint density at radius 3 is 1.38 bits per heavy atom. The summed E-state index contributed by atoms with van der Waals surface area (Å²) in [5.74, 6) is 0. The summed E-state index contributed by atoms with van der Waals surface area (Å²) >= 11 is 0. The van der Waals surface area contributed by atoms with Crippen molar-refractivity contribution in [1.82, 2.24) is 0 Å². The molecule has 0 aliphatic heterocycles. The zero-order valence-electron chi connectivity index (χ0n) is 4.18. The van der Waals surface area contributed by atoms with Crippen LogP contribution in [0.3, 0.4) is 0 Å². The molecule has 1 nitrogen and oxygen atoms in total. The summed E-state index contributed by atoms with van der Waals surface area (Å²) in [7, 11) is 0. The fraction of sp³-hybridized carbons (Fsp3) is 0. The molecule has 0 bridgehead atoms. The van der Waals surface area contributed by atoms with Crippen LogP contribution in [0.2, 0.25) is 0 Å². The third kappa shape index (κ3) is 7.01. The molecule has 0 N–H and O–H groups in total. The molecule has 1 heterocycles. The molecule has 8 heavy (non-hydrogen) atoms. The van der Waals surface area contributed by atoms with Gasteiger partial charge in [-0.25, -0.2) is 0 Å². The molecule has 42 valence electrons. The van der Waals surface area contributed by atoms with E-state index in [0.29, 0.717) is 0 Å². The fourth-order valence-corrected chi connectivity index (χ4v) is 0.227. The van der Waals surface area contributed by atoms with Gasteiger partial charge in [0.2, 0.25) is 0 Å². The van der Waals surface area contributed by atoms with Crippen LogP contribution < -0.4 is 34.0 Å². The average Bonchev–Trinajstić information content (AvgIpc) is 1.76. The summed E-state index contributed by atoms with van der Waals surface area (Å²) in [6.45, 7) is 0. The predicted octanol–water partition coefficient (Wildman–Crippen LogP) is -5.09. The van der Waals surface area contributed by atoms with E-state index in [1.165, 1.54) is 0 Å². The maximum absolute atomic E-state index is 4.58. The van der Waals surface area contributed by atoms with E-state index in [0.717, 1.165) is 0 Å². The second-order valence-corrected chi connectivity index (χ2v) is 0.793. The Morgan fingerprint density at radius 1 is 0.875 bits per heavy atom. The normalized spacial score (nSPS) is 5.00. The largest absolute Gasteiger partial charge is 2.00 e. The molecule has 1 rings (SSSR count). The van der Waals surface area contributed by atoms with E-state index in [4.69, 9.17) is 0 Å². The van der Waals surface area contributed by atoms with Crippen LogP contribution in [0.15, 0.2) is 29.1 Å². The molecule has 1 aromatic rings. The number of hydrogen-bond acceptors (Lipinski definition) is 1. The van der Waals surface area contributed by atoms with Crippen molar-refractivity contribution in [1.29, 1.82) is 0 Å². The minimum atomic E-state index is 0. The summed E-state index contributed by atoms with van der Waals surface area (Å²) in [5, 5.41) is 0. The second-order valence-electron chi connectivity index (χ2n) is 0.793. The minimum Gasteiger partial charge on any atom is -1.00 e. The molecular formula is C4H4Br2MgO. The molecule has 0 spiro atoms. The molecule has 0 amide bonds. The monoisotopic (exact) mass is 250 g/mol. The van der Waals surface area contributed by atoms with Crippen molar-refractivity contribution in [3.63, 3.8) is 0 Å². The van der Waals surface area contributed by atoms with Gasteiger partial charge in [0, 0.05) is 0 Å². The van der Waals surface area contributed by atoms with E-state index < -0.39 is 0 Å². The van der Waals surface area contributed by atoms with E-state index >= 15 is 0 Å². The third-order valence-electron chi connectivity index (χ3n) is 0.425. The Labute approximate surface area is 85.5 Å². The average molecular weight is 252 g/mol. The molecule has 0 atom stereocenters. The standard InChI is InChI=1S/C4H4O.2BrH.Mg/c1-2-4-5-3-1;;;/h1-4H;2*1H;/q;;;+2/p-2. The first-order valence-electron chi connectivity index (χ1n) is 1.47. The van der Waals surface area contributed by atoms with Crippen LogP contribution >= 0.6 is 0 Å². The van der Waals surface area contributed by atoms with Gasteiger partial charge in [0.15, 0.2) is 0 Å². The van der Waals surface area contributed by atoms with Crippen LogP contribution in [0.5, 0.6) is 0 Å². The van der Waals surface area contributed by atoms with Crippen molar-refractivity contribution in [2.75, 3.05) is 0 Å². The summed E-state index contributed by atoms with van der Waals surface area (Å²) in [6, 6.07) is 3.67. The van der Waals surface area contributed by atoms with Gasteiger partial charge in [-0.2, -0.15) is 0 Å². The number of rotatable bonds is 0. The Bertz CT molecular complexity index is 70.5. The molecule has 0 aliphatic carbocycles. The van der Waals surface area contributed by atoms with E-state index in [9.17, 15) is 0 Å². The van der Waals surface area contributed by atoms with E-state index in [2.05, 4.69) is 4.42 Å². The quantitative estimate of drug-likeness (QED) is 0.421. The van der Waals surface area contributed by atoms with Gasteiger partial charge in [0.05, 0.1) is 12.5 Å². The van der Waals surface area contributed by atoms with Crippen LogP contribution in [0.25, 0.3) is 0 Å². The summed E-state index contributed by atoms with van der Waals surface area (Å²) in [6.07, 6.45) is 3.25. The maximum Gasteiger partial charge on any atom is 2.00 e. The van der Waals surface area contributed by atoms with Crippen LogP contribution in [0.1, 0.15) is 0 Å². The second kappa shape index (κ2) is 10.9. The molecule has 0 aromatic carbocycles. The third-order valence-corrected chi connectivity index (χ3v) is 0.425. The topological polar surface area (TPSA) is 13.1 Å². The van der Waals surface area contributed by atoms with Gasteiger partial charge in [0.1, 0.15) is 0 Å². The SMILES string of the molecule is [Br-].[Br-].[Mg+2].c1ccoc1. The van der Waals surface area contributed by atoms with Gasteiger partial charge < -0.3 is 38.4 Å². The van der Waals surface area contributed by atoms with Crippen LogP contribution in [0, 0.1) is 0 Å². The molecular weight excluding hydrogens is 248 g/mol. The molecule has 0 saturated heterocycles. The van der Waals surface area contributed by atoms with Crippen molar-refractivity contribution in [3.05, 3.63) is 24.7 Å². The molecule has 0 unspecified atom stereocenters. The number of furan rings is 1. The first-order chi connectivity index (χ1) is 2.50. The van der Waals surface area contributed by atoms with E-state index in [1.54, 1.807) is 12.5 Å². The molecule has 0 fully saturated rings. The Kier molecular flexibility index (Phi) is 21.8. The first-order valence-corrected chi connectivity index (χ1v) is 1.47.